The molecule has 3 aromatic rings. The normalized spacial score (nSPS) is 13.2. The second-order valence-corrected chi connectivity index (χ2v) is 13.9. The number of carboxylic acids is 4. The number of amides is 4. The summed E-state index contributed by atoms with van der Waals surface area (Å²) >= 11 is 3.83. The second-order valence-electron chi connectivity index (χ2n) is 13.5. The molecule has 4 amide bonds. The number of H-pyrrole nitrogens is 1. The highest BCUT2D eigenvalue weighted by Gasteiger charge is 2.33. The minimum Gasteiger partial charge on any atom is -0.481 e. The van der Waals surface area contributed by atoms with Gasteiger partial charge in [0.15, 0.2) is 22.9 Å². The lowest BCUT2D eigenvalue weighted by molar-refractivity contribution is -0.143. The number of hydrogen-bond acceptors (Lipinski definition) is 17. The summed E-state index contributed by atoms with van der Waals surface area (Å²) in [4.78, 5) is 132. The van der Waals surface area contributed by atoms with Crippen LogP contribution in [0.3, 0.4) is 0 Å². The van der Waals surface area contributed by atoms with E-state index in [1.54, 1.807) is 24.1 Å². The maximum absolute atomic E-state index is 13.4. The van der Waals surface area contributed by atoms with E-state index >= 15 is 0 Å². The summed E-state index contributed by atoms with van der Waals surface area (Å²) in [6.45, 7) is -0.0725. The highest BCUT2D eigenvalue weighted by molar-refractivity contribution is 7.80. The third-order valence-corrected chi connectivity index (χ3v) is 9.10. The predicted octanol–water partition coefficient (Wildman–Crippen LogP) is -3.33. The number of nitrogens with one attached hydrogen (secondary N) is 6. The number of nitrogens with zero attached hydrogens (tertiary/aromatic N) is 5. The van der Waals surface area contributed by atoms with Gasteiger partial charge in [-0.2, -0.15) is 17.6 Å². The van der Waals surface area contributed by atoms with Crippen molar-refractivity contribution in [2.45, 2.75) is 68.7 Å². The number of benzene rings is 1. The van der Waals surface area contributed by atoms with Crippen LogP contribution < -0.4 is 54.2 Å². The molecule has 340 valence electrons. The first-order chi connectivity index (χ1) is 29.7. The Morgan fingerprint density at radius 2 is 1.35 bits per heavy atom. The van der Waals surface area contributed by atoms with Crippen LogP contribution in [0.15, 0.2) is 40.2 Å². The van der Waals surface area contributed by atoms with Crippen molar-refractivity contribution in [1.29, 1.82) is 0 Å². The molecule has 27 nitrogen and oxygen atoms in total. The van der Waals surface area contributed by atoms with E-state index in [2.05, 4.69) is 58.8 Å². The lowest BCUT2D eigenvalue weighted by Crippen LogP contribution is -2.58. The summed E-state index contributed by atoms with van der Waals surface area (Å²) < 4.78 is 0. The number of carboxylic acid groups (broad SMARTS) is 4. The van der Waals surface area contributed by atoms with Crippen molar-refractivity contribution < 1.29 is 58.8 Å². The van der Waals surface area contributed by atoms with Crippen LogP contribution in [0.25, 0.3) is 11.2 Å². The van der Waals surface area contributed by atoms with Crippen molar-refractivity contribution in [2.75, 3.05) is 35.3 Å². The quantitative estimate of drug-likeness (QED) is 0.0171. The molecule has 0 aliphatic rings. The lowest BCUT2D eigenvalue weighted by Gasteiger charge is -2.25. The van der Waals surface area contributed by atoms with Gasteiger partial charge in [0.25, 0.3) is 5.56 Å². The molecule has 0 saturated heterocycles. The van der Waals surface area contributed by atoms with E-state index in [-0.39, 0.29) is 60.4 Å². The van der Waals surface area contributed by atoms with Crippen molar-refractivity contribution in [3.63, 3.8) is 0 Å². The maximum Gasteiger partial charge on any atom is 0.327 e. The fraction of sp³-hybridized carbons (Fsp3) is 0.400. The minimum absolute atomic E-state index is 0.00133. The molecule has 0 bridgehead atoms. The van der Waals surface area contributed by atoms with Crippen molar-refractivity contribution in [3.8, 4) is 0 Å². The van der Waals surface area contributed by atoms with Crippen molar-refractivity contribution >= 4 is 100 Å². The van der Waals surface area contributed by atoms with Gasteiger partial charge in [-0.15, -0.1) is 0 Å². The number of rotatable bonds is 25. The van der Waals surface area contributed by atoms with Gasteiger partial charge in [0.1, 0.15) is 30.2 Å². The number of nitrogen functional groups attached to an aromatic ring is 1. The first-order valence-corrected chi connectivity index (χ1v) is 19.2. The largest absolute Gasteiger partial charge is 0.481 e. The molecule has 0 fully saturated rings. The molecule has 2 heterocycles. The van der Waals surface area contributed by atoms with Gasteiger partial charge in [0, 0.05) is 37.1 Å². The monoisotopic (exact) mass is 902 g/mol. The van der Waals surface area contributed by atoms with Gasteiger partial charge in [-0.1, -0.05) is 0 Å². The van der Waals surface area contributed by atoms with E-state index in [0.717, 1.165) is 0 Å². The smallest absolute Gasteiger partial charge is 0.327 e. The van der Waals surface area contributed by atoms with Crippen LogP contribution in [0.2, 0.25) is 0 Å². The molecule has 28 heteroatoms. The van der Waals surface area contributed by atoms with Crippen LogP contribution in [0.5, 0.6) is 0 Å². The molecular weight excluding hydrogens is 857 g/mol. The predicted molar refractivity (Wildman–Crippen MR) is 225 cm³/mol. The zero-order valence-corrected chi connectivity index (χ0v) is 34.2. The van der Waals surface area contributed by atoms with Gasteiger partial charge in [-0.05, 0) is 43.5 Å². The number of aromatic amines is 1. The van der Waals surface area contributed by atoms with Crippen molar-refractivity contribution in [2.24, 2.45) is 16.5 Å². The van der Waals surface area contributed by atoms with Gasteiger partial charge in [0.05, 0.1) is 19.0 Å². The second kappa shape index (κ2) is 23.3. The van der Waals surface area contributed by atoms with Gasteiger partial charge in [-0.3, -0.25) is 43.5 Å². The Labute approximate surface area is 361 Å². The van der Waals surface area contributed by atoms with E-state index in [1.165, 1.54) is 18.3 Å². The number of aliphatic imine (C=N–C) groups is 1. The van der Waals surface area contributed by atoms with Gasteiger partial charge < -0.3 is 69.1 Å². The summed E-state index contributed by atoms with van der Waals surface area (Å²) in [6.07, 6.45) is -1.81. The highest BCUT2D eigenvalue weighted by Crippen LogP contribution is 2.24. The van der Waals surface area contributed by atoms with Gasteiger partial charge in [-0.25, -0.2) is 19.6 Å². The molecule has 63 heavy (non-hydrogen) atoms. The first kappa shape index (κ1) is 49.6. The fourth-order valence-corrected chi connectivity index (χ4v) is 5.79. The van der Waals surface area contributed by atoms with E-state index < -0.39 is 103 Å². The Bertz CT molecular complexity index is 2270. The number of hydrogen-bond donors (Lipinski definition) is 14. The zero-order chi connectivity index (χ0) is 47.0. The van der Waals surface area contributed by atoms with E-state index in [1.807, 2.05) is 5.32 Å². The summed E-state index contributed by atoms with van der Waals surface area (Å²) in [5.74, 6) is -11.0. The Morgan fingerprint density at radius 3 is 1.90 bits per heavy atom. The number of carbonyl (C=O) groups is 8. The molecule has 5 atom stereocenters. The minimum atomic E-state index is -1.85. The van der Waals surface area contributed by atoms with Crippen LogP contribution in [0.4, 0.5) is 23.1 Å². The summed E-state index contributed by atoms with van der Waals surface area (Å²) in [5, 5.41) is 49.5. The Balaban J connectivity index is 1.71. The molecule has 0 saturated carbocycles. The third kappa shape index (κ3) is 15.6. The molecule has 0 unspecified atom stereocenters. The summed E-state index contributed by atoms with van der Waals surface area (Å²) in [5.41, 5.74) is 16.5. The molecule has 1 aromatic carbocycles. The number of anilines is 4. The molecule has 0 radical (unpaired) electrons. The molecule has 0 aliphatic heterocycles. The average Bonchev–Trinajstić information content (AvgIpc) is 3.20. The van der Waals surface area contributed by atoms with Crippen LogP contribution in [-0.4, -0.2) is 143 Å². The van der Waals surface area contributed by atoms with E-state index in [9.17, 15) is 63.6 Å². The van der Waals surface area contributed by atoms with Crippen LogP contribution >= 0.6 is 12.6 Å². The molecule has 0 aliphatic carbocycles. The molecule has 0 spiro atoms. The first-order valence-electron chi connectivity index (χ1n) is 18.6. The number of aromatic nitrogens is 4. The highest BCUT2D eigenvalue weighted by atomic mass is 32.1. The van der Waals surface area contributed by atoms with Gasteiger partial charge in [0.2, 0.25) is 29.6 Å². The third-order valence-electron chi connectivity index (χ3n) is 8.74. The van der Waals surface area contributed by atoms with Gasteiger partial charge >= 0.3 is 23.9 Å². The number of nitrogens with two attached hydrogens (primary N) is 3. The number of guanidine groups is 1. The Kier molecular flexibility index (Phi) is 18.3. The molecule has 3 rings (SSSR count). The molecular formula is C35H46N14O13S. The van der Waals surface area contributed by atoms with Crippen LogP contribution in [0.1, 0.15) is 38.5 Å². The van der Waals surface area contributed by atoms with Crippen LogP contribution in [-0.2, 0) is 38.4 Å². The number of thiol groups is 1. The zero-order valence-electron chi connectivity index (χ0n) is 33.3. The van der Waals surface area contributed by atoms with Crippen molar-refractivity contribution in [3.05, 3.63) is 40.8 Å². The Morgan fingerprint density at radius 1 is 0.794 bits per heavy atom. The van der Waals surface area contributed by atoms with E-state index in [0.29, 0.717) is 11.4 Å². The standard InChI is InChI=1S/C35H46N14O13S/c1-49(22-13-40-27-26(46-22)31(58)48-35(38)47-27)16-6-4-15(5-7-16)41-18(32(59)60)8-9-23(50)42-19(11-24(51)52)29(56)43-17(3-2-10-39-34(36)37)28(55)44-20(12-25(53)54)30(57)45-21(14-63)33(61)62/h4-7,13,17-21,41,63H,2-3,8-12,14H2,1H3,(H,42,50)(H,43,56)(H,44,55)(H,45,57)(H,51,52)(H,53,54)(H,59,60)(H,61,62)(H4,36,37,39)(H3,38,40,47,48,58)/t17-,18-,19-,20-,21+/m0/s1. The molecule has 2 aromatic heterocycles. The number of aliphatic carboxylic acids is 4. The lowest BCUT2D eigenvalue weighted by atomic mass is 10.1. The van der Waals surface area contributed by atoms with E-state index in [4.69, 9.17) is 17.2 Å². The average molecular weight is 903 g/mol. The van der Waals surface area contributed by atoms with Crippen LogP contribution in [0, 0.1) is 0 Å². The summed E-state index contributed by atoms with van der Waals surface area (Å²) in [6, 6.07) is -1.93. The topological polar surface area (TPSA) is 443 Å². The maximum atomic E-state index is 13.4. The summed E-state index contributed by atoms with van der Waals surface area (Å²) in [7, 11) is 1.64. The van der Waals surface area contributed by atoms with Crippen molar-refractivity contribution in [1.82, 2.24) is 41.2 Å². The number of fused-ring (bicyclic) bond motifs is 1. The fourth-order valence-electron chi connectivity index (χ4n) is 5.54. The molecule has 16 N–H and O–H groups in total. The SMILES string of the molecule is CN(c1ccc(N[C@@H](CCC(=O)N[C@@H](CC(=O)O)C(=O)N[C@@H](CCCN=C(N)N)C(=O)N[C@@H](CC(=O)O)C(=O)N[C@H](CS)C(=O)O)C(=O)O)cc1)c1cnc2nc(N)[nH]c(=O)c2n1. The number of carbonyl (C=O) groups excluding carboxylic acids is 4. The Hall–Kier alpha value is -7.78.